The summed E-state index contributed by atoms with van der Waals surface area (Å²) in [5.41, 5.74) is 7.21. The number of aromatic nitrogens is 1. The minimum atomic E-state index is 0.0118. The number of rotatable bonds is 3. The molecule has 3 rings (SSSR count). The molecule has 1 heterocycles. The van der Waals surface area contributed by atoms with Crippen LogP contribution in [0.2, 0.25) is 5.02 Å². The van der Waals surface area contributed by atoms with Crippen molar-refractivity contribution >= 4 is 40.1 Å². The summed E-state index contributed by atoms with van der Waals surface area (Å²) in [7, 11) is 0. The Morgan fingerprint density at radius 1 is 1.14 bits per heavy atom. The molecule has 0 bridgehead atoms. The van der Waals surface area contributed by atoms with Gasteiger partial charge in [-0.15, -0.1) is 0 Å². The first-order chi connectivity index (χ1) is 10.1. The van der Waals surface area contributed by atoms with E-state index in [9.17, 15) is 0 Å². The molecule has 3 aromatic rings. The van der Waals surface area contributed by atoms with E-state index < -0.39 is 0 Å². The van der Waals surface area contributed by atoms with Gasteiger partial charge >= 0.3 is 0 Å². The van der Waals surface area contributed by atoms with Gasteiger partial charge in [0.2, 0.25) is 0 Å². The summed E-state index contributed by atoms with van der Waals surface area (Å²) < 4.78 is 0. The summed E-state index contributed by atoms with van der Waals surface area (Å²) in [6.07, 6.45) is 1.65. The zero-order valence-corrected chi connectivity index (χ0v) is 12.6. The summed E-state index contributed by atoms with van der Waals surface area (Å²) in [5, 5.41) is 9.42. The van der Waals surface area contributed by atoms with Crippen molar-refractivity contribution in [1.29, 1.82) is 5.41 Å². The van der Waals surface area contributed by atoms with Gasteiger partial charge < -0.3 is 5.73 Å². The van der Waals surface area contributed by atoms with Crippen LogP contribution in [0.25, 0.3) is 10.9 Å². The van der Waals surface area contributed by atoms with Crippen LogP contribution in [0, 0.1) is 5.41 Å². The van der Waals surface area contributed by atoms with E-state index in [-0.39, 0.29) is 5.84 Å². The molecule has 0 fully saturated rings. The highest BCUT2D eigenvalue weighted by Crippen LogP contribution is 2.36. The molecule has 0 spiro atoms. The Hall–Kier alpha value is -2.04. The summed E-state index contributed by atoms with van der Waals surface area (Å²) in [5.74, 6) is 0.0118. The van der Waals surface area contributed by atoms with E-state index in [2.05, 4.69) is 4.98 Å². The lowest BCUT2D eigenvalue weighted by molar-refractivity contribution is 1.29. The lowest BCUT2D eigenvalue weighted by Gasteiger charge is -2.11. The van der Waals surface area contributed by atoms with Gasteiger partial charge in [-0.3, -0.25) is 10.4 Å². The Morgan fingerprint density at radius 3 is 2.71 bits per heavy atom. The number of nitrogens with one attached hydrogen (secondary N) is 1. The van der Waals surface area contributed by atoms with Crippen LogP contribution < -0.4 is 5.73 Å². The van der Waals surface area contributed by atoms with E-state index in [4.69, 9.17) is 22.7 Å². The first-order valence-electron chi connectivity index (χ1n) is 6.31. The lowest BCUT2D eigenvalue weighted by Crippen LogP contribution is -2.13. The average Bonchev–Trinajstić information content (AvgIpc) is 2.47. The number of halogens is 1. The molecular weight excluding hydrogens is 302 g/mol. The molecule has 3 nitrogen and oxygen atoms in total. The molecule has 0 aliphatic heterocycles. The van der Waals surface area contributed by atoms with Gasteiger partial charge in [0.1, 0.15) is 5.84 Å². The van der Waals surface area contributed by atoms with E-state index in [1.54, 1.807) is 18.0 Å². The van der Waals surface area contributed by atoms with E-state index in [1.807, 2.05) is 48.5 Å². The van der Waals surface area contributed by atoms with Crippen LogP contribution in [0.3, 0.4) is 0 Å². The minimum Gasteiger partial charge on any atom is -0.384 e. The first kappa shape index (κ1) is 13.9. The summed E-state index contributed by atoms with van der Waals surface area (Å²) in [4.78, 5) is 6.29. The number of pyridine rings is 1. The molecule has 3 N–H and O–H groups in total. The van der Waals surface area contributed by atoms with E-state index in [1.165, 1.54) is 0 Å². The van der Waals surface area contributed by atoms with Crippen molar-refractivity contribution < 1.29 is 0 Å². The van der Waals surface area contributed by atoms with Gasteiger partial charge in [-0.1, -0.05) is 47.6 Å². The van der Waals surface area contributed by atoms with Crippen molar-refractivity contribution in [3.8, 4) is 0 Å². The predicted molar refractivity (Wildman–Crippen MR) is 88.3 cm³/mol. The Kier molecular flexibility index (Phi) is 3.82. The highest BCUT2D eigenvalue weighted by Gasteiger charge is 2.12. The van der Waals surface area contributed by atoms with Gasteiger partial charge in [-0.25, -0.2) is 0 Å². The second-order valence-corrected chi connectivity index (χ2v) is 6.01. The van der Waals surface area contributed by atoms with Crippen LogP contribution in [0.4, 0.5) is 0 Å². The average molecular weight is 314 g/mol. The maximum atomic E-state index is 7.76. The fourth-order valence-corrected chi connectivity index (χ4v) is 3.44. The summed E-state index contributed by atoms with van der Waals surface area (Å²) in [6.45, 7) is 0. The number of hydrogen-bond donors (Lipinski definition) is 2. The van der Waals surface area contributed by atoms with Gasteiger partial charge in [0, 0.05) is 32.0 Å². The van der Waals surface area contributed by atoms with Gasteiger partial charge in [0.05, 0.1) is 5.52 Å². The molecule has 0 unspecified atom stereocenters. The molecule has 2 aromatic carbocycles. The number of nitrogen functional groups attached to an aromatic ring is 1. The molecule has 104 valence electrons. The molecule has 0 aliphatic carbocycles. The van der Waals surface area contributed by atoms with Crippen LogP contribution in [-0.2, 0) is 0 Å². The predicted octanol–water partition coefficient (Wildman–Crippen LogP) is 4.32. The lowest BCUT2D eigenvalue weighted by atomic mass is 10.1. The fraction of sp³-hybridized carbons (Fsp3) is 0. The van der Waals surface area contributed by atoms with Crippen LogP contribution in [0.15, 0.2) is 64.5 Å². The van der Waals surface area contributed by atoms with Gasteiger partial charge in [0.25, 0.3) is 0 Å². The fourth-order valence-electron chi connectivity index (χ4n) is 2.07. The molecule has 0 saturated carbocycles. The number of benzene rings is 2. The zero-order valence-electron chi connectivity index (χ0n) is 11.0. The molecule has 0 amide bonds. The third-order valence-electron chi connectivity index (χ3n) is 3.03. The quantitative estimate of drug-likeness (QED) is 0.559. The number of para-hydroxylation sites is 1. The molecule has 0 radical (unpaired) electrons. The van der Waals surface area contributed by atoms with Gasteiger partial charge in [-0.05, 0) is 24.3 Å². The Labute approximate surface area is 131 Å². The highest BCUT2D eigenvalue weighted by molar-refractivity contribution is 7.99. The van der Waals surface area contributed by atoms with E-state index in [0.717, 1.165) is 20.7 Å². The maximum Gasteiger partial charge on any atom is 0.125 e. The number of fused-ring (bicyclic) bond motifs is 1. The smallest absolute Gasteiger partial charge is 0.125 e. The normalized spacial score (nSPS) is 10.7. The zero-order chi connectivity index (χ0) is 14.8. The van der Waals surface area contributed by atoms with Crippen molar-refractivity contribution in [3.05, 3.63) is 65.3 Å². The summed E-state index contributed by atoms with van der Waals surface area (Å²) in [6, 6.07) is 15.4. The number of hydrogen-bond acceptors (Lipinski definition) is 3. The van der Waals surface area contributed by atoms with Crippen LogP contribution in [0.5, 0.6) is 0 Å². The molecule has 0 atom stereocenters. The van der Waals surface area contributed by atoms with E-state index in [0.29, 0.717) is 10.6 Å². The topological polar surface area (TPSA) is 62.8 Å². The van der Waals surface area contributed by atoms with Crippen LogP contribution >= 0.6 is 23.4 Å². The minimum absolute atomic E-state index is 0.0118. The van der Waals surface area contributed by atoms with Crippen molar-refractivity contribution in [3.63, 3.8) is 0 Å². The largest absolute Gasteiger partial charge is 0.384 e. The van der Waals surface area contributed by atoms with Crippen molar-refractivity contribution in [2.24, 2.45) is 5.73 Å². The molecule has 0 aliphatic rings. The Morgan fingerprint density at radius 2 is 1.95 bits per heavy atom. The number of nitrogens with zero attached hydrogens (tertiary/aromatic N) is 1. The van der Waals surface area contributed by atoms with Crippen molar-refractivity contribution in [2.75, 3.05) is 0 Å². The van der Waals surface area contributed by atoms with Gasteiger partial charge in [0.15, 0.2) is 0 Å². The van der Waals surface area contributed by atoms with Crippen molar-refractivity contribution in [1.82, 2.24) is 4.98 Å². The summed E-state index contributed by atoms with van der Waals surface area (Å²) >= 11 is 7.58. The molecule has 1 aromatic heterocycles. The monoisotopic (exact) mass is 313 g/mol. The van der Waals surface area contributed by atoms with Crippen LogP contribution in [0.1, 0.15) is 5.56 Å². The Balaban J connectivity index is 2.18. The van der Waals surface area contributed by atoms with Crippen LogP contribution in [-0.4, -0.2) is 10.8 Å². The third kappa shape index (κ3) is 2.86. The number of nitrogens with two attached hydrogens (primary N) is 1. The van der Waals surface area contributed by atoms with E-state index >= 15 is 0 Å². The third-order valence-corrected chi connectivity index (χ3v) is 4.40. The SMILES string of the molecule is N=C(N)c1cnc2ccccc2c1Sc1cccc(Cl)c1. The standard InChI is InChI=1S/C16H12ClN3S/c17-10-4-3-5-11(8-10)21-15-12-6-1-2-7-14(12)20-9-13(15)16(18)19/h1-9H,(H3,18,19). The van der Waals surface area contributed by atoms with Crippen molar-refractivity contribution in [2.45, 2.75) is 9.79 Å². The molecular formula is C16H12ClN3S. The molecule has 0 saturated heterocycles. The second-order valence-electron chi connectivity index (χ2n) is 4.49. The first-order valence-corrected chi connectivity index (χ1v) is 7.50. The highest BCUT2D eigenvalue weighted by atomic mass is 35.5. The Bertz CT molecular complexity index is 833. The molecule has 21 heavy (non-hydrogen) atoms. The molecule has 5 heteroatoms. The number of amidine groups is 1. The maximum absolute atomic E-state index is 7.76. The van der Waals surface area contributed by atoms with Gasteiger partial charge in [-0.2, -0.15) is 0 Å². The second kappa shape index (κ2) is 5.76.